The first-order chi connectivity index (χ1) is 59.9. The third-order valence-electron chi connectivity index (χ3n) is 28.9. The number of carbonyl (C=O) groups excluding carboxylic acids is 13. The Bertz CT molecular complexity index is 4920. The molecule has 12 amide bonds. The van der Waals surface area contributed by atoms with E-state index in [1.54, 1.807) is 34.3 Å². The highest BCUT2D eigenvalue weighted by Crippen LogP contribution is 2.50. The van der Waals surface area contributed by atoms with Crippen LogP contribution in [0.4, 0.5) is 11.4 Å². The molecule has 674 valence electrons. The molecule has 0 saturated carbocycles. The van der Waals surface area contributed by atoms with Crippen molar-refractivity contribution >= 4 is 149 Å². The smallest absolute Gasteiger partial charge is 0.347 e. The molecule has 0 spiro atoms. The van der Waals surface area contributed by atoms with Crippen LogP contribution in [0.15, 0.2) is 78.6 Å². The predicted molar refractivity (Wildman–Crippen MR) is 480 cm³/mol. The van der Waals surface area contributed by atoms with Crippen molar-refractivity contribution in [2.45, 2.75) is 285 Å². The van der Waals surface area contributed by atoms with E-state index in [-0.39, 0.29) is 130 Å². The third kappa shape index (κ3) is 18.4. The number of likely N-dealkylation sites (N-methyl/N-ethyl adjacent to an activating group) is 1. The lowest BCUT2D eigenvalue weighted by Gasteiger charge is -2.37. The normalized spacial score (nSPS) is 27.8. The highest BCUT2D eigenvalue weighted by Gasteiger charge is 2.55. The topological polar surface area (TPSA) is 327 Å². The Labute approximate surface area is 759 Å². The second kappa shape index (κ2) is 38.5. The van der Waals surface area contributed by atoms with E-state index in [1.807, 2.05) is 18.2 Å². The number of allylic oxidation sites excluding steroid dienone is 8. The van der Waals surface area contributed by atoms with Crippen molar-refractivity contribution < 1.29 is 84.7 Å². The highest BCUT2D eigenvalue weighted by atomic mass is 127. The highest BCUT2D eigenvalue weighted by molar-refractivity contribution is 14.1. The molecule has 15 rings (SSSR count). The molecule has 0 bridgehead atoms. The van der Waals surface area contributed by atoms with Gasteiger partial charge in [-0.15, -0.1) is 5.06 Å². The van der Waals surface area contributed by atoms with Gasteiger partial charge in [0.05, 0.1) is 11.2 Å². The molecule has 2 aromatic rings. The van der Waals surface area contributed by atoms with Gasteiger partial charge in [-0.3, -0.25) is 62.1 Å². The van der Waals surface area contributed by atoms with Gasteiger partial charge in [-0.1, -0.05) is 62.3 Å². The van der Waals surface area contributed by atoms with Crippen LogP contribution in [-0.2, 0) is 88.1 Å². The maximum absolute atomic E-state index is 15.1. The number of carbonyl (C=O) groups is 13. The Kier molecular flexibility index (Phi) is 28.1. The second-order valence-corrected chi connectivity index (χ2v) is 41.0. The Morgan fingerprint density at radius 3 is 1.27 bits per heavy atom. The largest absolute Gasteiger partial charge is 0.355 e. The number of benzene rings is 2. The molecule has 11 fully saturated rings. The van der Waals surface area contributed by atoms with Crippen LogP contribution in [0, 0.1) is 14.1 Å². The molecule has 1 N–H and O–H groups in total. The Balaban J connectivity index is 0.539. The van der Waals surface area contributed by atoms with E-state index in [1.165, 1.54) is 38.8 Å². The van der Waals surface area contributed by atoms with Gasteiger partial charge in [0.25, 0.3) is 21.9 Å². The second-order valence-electron chi connectivity index (χ2n) is 37.0. The first kappa shape index (κ1) is 91.3. The molecular formula is C92H120I2N13O17S+. The lowest BCUT2D eigenvalue weighted by Crippen LogP contribution is -2.59. The van der Waals surface area contributed by atoms with Crippen LogP contribution in [0.2, 0.25) is 0 Å². The molecule has 0 aromatic heterocycles. The summed E-state index contributed by atoms with van der Waals surface area (Å²) in [5.74, 6) is -5.86. The minimum atomic E-state index is -4.13. The number of anilines is 1. The third-order valence-corrected chi connectivity index (χ3v) is 31.2. The SMILES string of the molecule is Cc1ccc2c(c1)C(C)(CCCCS(=O)(=O)O)C(/C=C/C=C/C=C/C=C1\N(C)c3cc(I)cc(I)c3C1(C)C)=[N+]2CCCCCC(=O)N1CCCC1C(=O)N1CCCC1C(=O)N1CCCC1C(=O)N1CCCC1C(=O)N1CCCC1C(=O)N1CCCC1C(=O)N1CCCC1C(=O)N1CCCC1C(=O)N1CCCC1C(=O)N1CCCC1C(=O)ON1C(=O)CCC1=O. The summed E-state index contributed by atoms with van der Waals surface area (Å²) < 4.78 is 38.2. The Morgan fingerprint density at radius 1 is 0.480 bits per heavy atom. The Morgan fingerprint density at radius 2 is 0.856 bits per heavy atom. The molecule has 33 heteroatoms. The molecule has 13 heterocycles. The van der Waals surface area contributed by atoms with Gasteiger partial charge in [0.2, 0.25) is 64.8 Å². The fraction of sp³-hybridized carbons (Fsp3) is 0.630. The van der Waals surface area contributed by atoms with Gasteiger partial charge in [0, 0.05) is 145 Å². The van der Waals surface area contributed by atoms with Gasteiger partial charge in [0.15, 0.2) is 5.71 Å². The number of nitrogens with zero attached hydrogens (tertiary/aromatic N) is 13. The maximum atomic E-state index is 15.1. The van der Waals surface area contributed by atoms with Gasteiger partial charge < -0.3 is 58.7 Å². The van der Waals surface area contributed by atoms with E-state index in [0.29, 0.717) is 179 Å². The summed E-state index contributed by atoms with van der Waals surface area (Å²) in [6, 6.07) is 2.02. The number of hydrogen-bond donors (Lipinski definition) is 1. The number of fused-ring (bicyclic) bond motifs is 2. The van der Waals surface area contributed by atoms with Crippen molar-refractivity contribution in [3.8, 4) is 0 Å². The average molecular weight is 1970 g/mol. The number of hydroxylamine groups is 2. The summed E-state index contributed by atoms with van der Waals surface area (Å²) in [6.07, 6.45) is 27.0. The van der Waals surface area contributed by atoms with E-state index in [2.05, 4.69) is 144 Å². The number of unbranched alkanes of at least 4 members (excludes halogenated alkanes) is 3. The van der Waals surface area contributed by atoms with Crippen molar-refractivity contribution in [2.24, 2.45) is 0 Å². The molecule has 11 saturated heterocycles. The van der Waals surface area contributed by atoms with Crippen molar-refractivity contribution in [1.82, 2.24) is 54.1 Å². The fourth-order valence-electron chi connectivity index (χ4n) is 22.7. The summed E-state index contributed by atoms with van der Waals surface area (Å²) in [4.78, 5) is 209. The van der Waals surface area contributed by atoms with Gasteiger partial charge in [0.1, 0.15) is 67.0 Å². The molecule has 11 unspecified atom stereocenters. The number of imide groups is 1. The lowest BCUT2D eigenvalue weighted by molar-refractivity contribution is -0.438. The molecule has 13 aliphatic heterocycles. The molecule has 125 heavy (non-hydrogen) atoms. The van der Waals surface area contributed by atoms with Crippen LogP contribution in [0.3, 0.4) is 0 Å². The van der Waals surface area contributed by atoms with Crippen molar-refractivity contribution in [2.75, 3.05) is 89.7 Å². The van der Waals surface area contributed by atoms with E-state index in [0.717, 1.165) is 35.4 Å². The summed E-state index contributed by atoms with van der Waals surface area (Å²) in [5.41, 5.74) is 7.48. The van der Waals surface area contributed by atoms with Crippen molar-refractivity contribution in [1.29, 1.82) is 0 Å². The monoisotopic (exact) mass is 1960 g/mol. The maximum Gasteiger partial charge on any atom is 0.355 e. The standard InChI is InChI=1S/C92H119I2N13O17S/c1-59-39-40-63-61(56-59)92(4,43-13-15-55-125(121,122)123)76(37-11-8-6-7-10-36-75-91(2,3)80-62(94)57-60(93)58-74(80)95(75)5)96(63)44-14-9-12-38-77(108)97-45-16-26-64(97)81(111)98-46-17-27-65(98)82(112)99-47-18-28-66(99)83(113)100-48-19-29-67(100)84(114)101-49-20-30-68(101)85(115)102-50-21-31-69(102)86(116)103-51-22-32-70(103)87(117)104-52-23-33-71(104)88(118)105-53-24-34-72(105)89(119)106-54-25-35-73(106)90(120)124-107-78(109)41-42-79(107)110/h6-8,10-11,36-37,39-40,56-58,64-73H,9,12-35,38,41-55H2,1-5H3/p+1. The number of aryl methyl sites for hydroxylation is 1. The minimum Gasteiger partial charge on any atom is -0.347 e. The molecule has 13 aliphatic rings. The zero-order valence-corrected chi connectivity index (χ0v) is 77.8. The minimum absolute atomic E-state index is 0.0804. The zero-order valence-electron chi connectivity index (χ0n) is 72.7. The summed E-state index contributed by atoms with van der Waals surface area (Å²) in [7, 11) is -2.02. The fourth-order valence-corrected chi connectivity index (χ4v) is 25.7. The molecule has 0 radical (unpaired) electrons. The first-order valence-corrected chi connectivity index (χ1v) is 49.4. The molecular weight excluding hydrogens is 1840 g/mol. The molecule has 30 nitrogen and oxygen atoms in total. The van der Waals surface area contributed by atoms with E-state index in [9.17, 15) is 56.1 Å². The van der Waals surface area contributed by atoms with Crippen LogP contribution < -0.4 is 4.90 Å². The summed E-state index contributed by atoms with van der Waals surface area (Å²) in [5, 5.41) is 0.463. The van der Waals surface area contributed by atoms with Crippen LogP contribution in [0.1, 0.15) is 224 Å². The Hall–Kier alpha value is -8.45. The van der Waals surface area contributed by atoms with Gasteiger partial charge in [-0.25, -0.2) is 4.79 Å². The zero-order chi connectivity index (χ0) is 88.7. The lowest BCUT2D eigenvalue weighted by atomic mass is 9.75. The van der Waals surface area contributed by atoms with Gasteiger partial charge in [-0.05, 0) is 237 Å². The molecule has 0 aliphatic carbocycles. The van der Waals surface area contributed by atoms with Gasteiger partial charge >= 0.3 is 5.97 Å². The first-order valence-electron chi connectivity index (χ1n) is 45.7. The number of halogens is 2. The number of amides is 12. The number of hydrogen-bond acceptors (Lipinski definition) is 17. The van der Waals surface area contributed by atoms with E-state index in [4.69, 9.17) is 4.84 Å². The van der Waals surface area contributed by atoms with Crippen LogP contribution in [-0.4, -0.2) is 299 Å². The van der Waals surface area contributed by atoms with Gasteiger partial charge in [-0.2, -0.15) is 13.0 Å². The number of likely N-dealkylation sites (tertiary alicyclic amines) is 10. The average Bonchev–Trinajstić information content (AvgIpc) is 1.58. The van der Waals surface area contributed by atoms with Crippen molar-refractivity contribution in [3.05, 3.63) is 102 Å². The predicted octanol–water partition coefficient (Wildman–Crippen LogP) is 8.68. The van der Waals surface area contributed by atoms with Crippen LogP contribution in [0.5, 0.6) is 0 Å². The number of rotatable bonds is 26. The van der Waals surface area contributed by atoms with Crippen molar-refractivity contribution in [3.63, 3.8) is 0 Å². The van der Waals surface area contributed by atoms with Crippen LogP contribution >= 0.6 is 45.2 Å². The summed E-state index contributed by atoms with van der Waals surface area (Å²) >= 11 is 4.82. The molecule has 2 aromatic carbocycles. The summed E-state index contributed by atoms with van der Waals surface area (Å²) in [6.45, 7) is 12.3. The molecule has 11 atom stereocenters. The van der Waals surface area contributed by atoms with E-state index >= 15 is 19.2 Å². The van der Waals surface area contributed by atoms with E-state index < -0.39 is 106 Å². The van der Waals surface area contributed by atoms with Crippen LogP contribution in [0.25, 0.3) is 0 Å². The quantitative estimate of drug-likeness (QED) is 0.0230.